The molecule has 0 amide bonds. The van der Waals surface area contributed by atoms with E-state index in [0.717, 1.165) is 29.7 Å². The molecule has 0 radical (unpaired) electrons. The van der Waals surface area contributed by atoms with Crippen molar-refractivity contribution in [3.05, 3.63) is 59.7 Å². The Kier molecular flexibility index (Phi) is 6.93. The van der Waals surface area contributed by atoms with Gasteiger partial charge in [-0.05, 0) is 41.7 Å². The van der Waals surface area contributed by atoms with Crippen LogP contribution in [0.5, 0.6) is 5.75 Å². The Morgan fingerprint density at radius 2 is 1.44 bits per heavy atom. The largest absolute Gasteiger partial charge is 0.492 e. The highest BCUT2D eigenvalue weighted by Gasteiger charge is 2.13. The number of nitrogens with one attached hydrogen (secondary N) is 1. The number of benzene rings is 2. The third-order valence-electron chi connectivity index (χ3n) is 4.73. The van der Waals surface area contributed by atoms with E-state index in [4.69, 9.17) is 10.1 Å². The Bertz CT molecular complexity index is 933. The van der Waals surface area contributed by atoms with Crippen LogP contribution < -0.4 is 10.4 Å². The molecule has 1 heterocycles. The third-order valence-corrected chi connectivity index (χ3v) is 4.73. The molecule has 2 aromatic carbocycles. The third kappa shape index (κ3) is 4.64. The number of aromatic nitrogens is 2. The summed E-state index contributed by atoms with van der Waals surface area (Å²) in [6.45, 7) is 10.8. The van der Waals surface area contributed by atoms with Gasteiger partial charge < -0.3 is 13.9 Å². The number of hydrogen-bond donors (Lipinski definition) is 1. The fourth-order valence-corrected chi connectivity index (χ4v) is 3.28. The van der Waals surface area contributed by atoms with Crippen LogP contribution in [0.4, 0.5) is 0 Å². The molecule has 0 bridgehead atoms. The molecular weight excluding hydrogens is 402 g/mol. The van der Waals surface area contributed by atoms with Crippen molar-refractivity contribution >= 4 is 28.0 Å². The number of rotatable bonds is 6. The molecule has 0 aliphatic heterocycles. The van der Waals surface area contributed by atoms with Crippen LogP contribution >= 0.6 is 17.0 Å². The first kappa shape index (κ1) is 21.3. The monoisotopic (exact) mass is 431 g/mol. The smallest absolute Gasteiger partial charge is 0.203 e. The fourth-order valence-electron chi connectivity index (χ4n) is 3.28. The van der Waals surface area contributed by atoms with E-state index < -0.39 is 0 Å². The van der Waals surface area contributed by atoms with E-state index in [1.54, 1.807) is 0 Å². The summed E-state index contributed by atoms with van der Waals surface area (Å²) in [6, 6.07) is 16.6. The summed E-state index contributed by atoms with van der Waals surface area (Å²) in [5.41, 5.74) is 4.21. The summed E-state index contributed by atoms with van der Waals surface area (Å²) in [4.78, 5) is 0. The number of ether oxygens (including phenoxy) is 1. The van der Waals surface area contributed by atoms with Gasteiger partial charge in [0, 0.05) is 6.54 Å². The van der Waals surface area contributed by atoms with Crippen LogP contribution in [0.25, 0.3) is 11.0 Å². The van der Waals surface area contributed by atoms with E-state index in [1.807, 2.05) is 28.8 Å². The summed E-state index contributed by atoms with van der Waals surface area (Å²) < 4.78 is 10.1. The normalized spacial score (nSPS) is 11.4. The van der Waals surface area contributed by atoms with E-state index in [1.165, 1.54) is 5.56 Å². The van der Waals surface area contributed by atoms with Gasteiger partial charge in [-0.2, -0.15) is 0 Å². The minimum absolute atomic E-state index is 0. The molecule has 0 aliphatic carbocycles. The molecule has 0 fully saturated rings. The second-order valence-corrected chi connectivity index (χ2v) is 7.74. The summed E-state index contributed by atoms with van der Waals surface area (Å²) in [7, 11) is 0. The van der Waals surface area contributed by atoms with Crippen LogP contribution in [0.1, 0.15) is 39.7 Å². The molecule has 1 aromatic heterocycles. The zero-order chi connectivity index (χ0) is 18.7. The van der Waals surface area contributed by atoms with Gasteiger partial charge in [0.05, 0.1) is 17.6 Å². The Balaban J connectivity index is 0.00000261. The Labute approximate surface area is 172 Å². The van der Waals surface area contributed by atoms with Crippen molar-refractivity contribution in [1.82, 2.24) is 9.13 Å². The first-order valence-corrected chi connectivity index (χ1v) is 9.38. The molecule has 0 unspecified atom stereocenters. The van der Waals surface area contributed by atoms with E-state index in [-0.39, 0.29) is 22.4 Å². The number of para-hydroxylation sites is 2. The second kappa shape index (κ2) is 8.79. The topological polar surface area (TPSA) is 42.9 Å². The summed E-state index contributed by atoms with van der Waals surface area (Å²) >= 11 is 0. The second-order valence-electron chi connectivity index (χ2n) is 7.74. The number of fused-ring (bicyclic) bond motifs is 1. The van der Waals surface area contributed by atoms with Crippen LogP contribution in [0.2, 0.25) is 0 Å². The summed E-state index contributed by atoms with van der Waals surface area (Å²) in [5, 5.41) is 8.53. The van der Waals surface area contributed by atoms with Crippen LogP contribution in [0, 0.1) is 5.41 Å². The first-order chi connectivity index (χ1) is 12.4. The van der Waals surface area contributed by atoms with Crippen molar-refractivity contribution in [2.24, 2.45) is 0 Å². The van der Waals surface area contributed by atoms with Gasteiger partial charge in [-0.3, -0.25) is 5.41 Å². The first-order valence-electron chi connectivity index (χ1n) is 9.38. The lowest BCUT2D eigenvalue weighted by Gasteiger charge is -2.19. The number of aryl methyl sites for hydroxylation is 1. The average molecular weight is 432 g/mol. The summed E-state index contributed by atoms with van der Waals surface area (Å²) in [5.74, 6) is 0.877. The predicted octanol–water partition coefficient (Wildman–Crippen LogP) is 5.29. The molecule has 27 heavy (non-hydrogen) atoms. The molecule has 3 aromatic rings. The SMILES string of the molecule is Br.CCCn1c(=N)n(CCOc2ccc(C(C)(C)C)cc2)c2ccccc21. The zero-order valence-corrected chi connectivity index (χ0v) is 18.4. The molecule has 1 N–H and O–H groups in total. The molecule has 4 nitrogen and oxygen atoms in total. The van der Waals surface area contributed by atoms with Gasteiger partial charge in [-0.25, -0.2) is 0 Å². The van der Waals surface area contributed by atoms with Crippen molar-refractivity contribution in [1.29, 1.82) is 5.41 Å². The van der Waals surface area contributed by atoms with Gasteiger partial charge in [0.15, 0.2) is 0 Å². The van der Waals surface area contributed by atoms with Crippen LogP contribution in [0.3, 0.4) is 0 Å². The molecule has 0 atom stereocenters. The fraction of sp³-hybridized carbons (Fsp3) is 0.409. The van der Waals surface area contributed by atoms with E-state index in [0.29, 0.717) is 18.8 Å². The van der Waals surface area contributed by atoms with Crippen molar-refractivity contribution in [2.75, 3.05) is 6.61 Å². The molecule has 146 valence electrons. The molecule has 3 rings (SSSR count). The average Bonchev–Trinajstić information content (AvgIpc) is 2.88. The standard InChI is InChI=1S/C22H29N3O.BrH/c1-5-14-24-19-8-6-7-9-20(19)25(21(24)23)15-16-26-18-12-10-17(11-13-18)22(2,3)4;/h6-13,23H,5,14-16H2,1-4H3;1H. The molecule has 0 spiro atoms. The Morgan fingerprint density at radius 3 is 1.96 bits per heavy atom. The number of halogens is 1. The van der Waals surface area contributed by atoms with Crippen molar-refractivity contribution in [2.45, 2.75) is 52.6 Å². The molecule has 0 aliphatic rings. The van der Waals surface area contributed by atoms with Crippen molar-refractivity contribution < 1.29 is 4.74 Å². The van der Waals surface area contributed by atoms with Crippen LogP contribution in [-0.2, 0) is 18.5 Å². The lowest BCUT2D eigenvalue weighted by molar-refractivity contribution is 0.296. The maximum atomic E-state index is 8.53. The van der Waals surface area contributed by atoms with Gasteiger partial charge in [0.2, 0.25) is 5.62 Å². The maximum absolute atomic E-state index is 8.53. The molecular formula is C22H30BrN3O. The van der Waals surface area contributed by atoms with Gasteiger partial charge in [0.25, 0.3) is 0 Å². The quantitative estimate of drug-likeness (QED) is 0.565. The van der Waals surface area contributed by atoms with Crippen molar-refractivity contribution in [3.63, 3.8) is 0 Å². The minimum Gasteiger partial charge on any atom is -0.492 e. The van der Waals surface area contributed by atoms with E-state index in [9.17, 15) is 0 Å². The lowest BCUT2D eigenvalue weighted by Crippen LogP contribution is -2.26. The zero-order valence-electron chi connectivity index (χ0n) is 16.7. The molecule has 0 saturated heterocycles. The Hall–Kier alpha value is -2.01. The van der Waals surface area contributed by atoms with Gasteiger partial charge in [-0.1, -0.05) is 52.0 Å². The maximum Gasteiger partial charge on any atom is 0.203 e. The van der Waals surface area contributed by atoms with Gasteiger partial charge >= 0.3 is 0 Å². The summed E-state index contributed by atoms with van der Waals surface area (Å²) in [6.07, 6.45) is 1.02. The van der Waals surface area contributed by atoms with Crippen LogP contribution in [-0.4, -0.2) is 15.7 Å². The highest BCUT2D eigenvalue weighted by atomic mass is 79.9. The number of hydrogen-bond acceptors (Lipinski definition) is 2. The van der Waals surface area contributed by atoms with Gasteiger partial charge in [0.1, 0.15) is 12.4 Å². The van der Waals surface area contributed by atoms with E-state index >= 15 is 0 Å². The Morgan fingerprint density at radius 1 is 0.889 bits per heavy atom. The van der Waals surface area contributed by atoms with Crippen molar-refractivity contribution in [3.8, 4) is 5.75 Å². The highest BCUT2D eigenvalue weighted by molar-refractivity contribution is 8.93. The highest BCUT2D eigenvalue weighted by Crippen LogP contribution is 2.24. The minimum atomic E-state index is 0. The lowest BCUT2D eigenvalue weighted by atomic mass is 9.87. The molecule has 0 saturated carbocycles. The van der Waals surface area contributed by atoms with Crippen LogP contribution in [0.15, 0.2) is 48.5 Å². The molecule has 5 heteroatoms. The number of imidazole rings is 1. The predicted molar refractivity (Wildman–Crippen MR) is 117 cm³/mol. The number of nitrogens with zero attached hydrogens (tertiary/aromatic N) is 2. The van der Waals surface area contributed by atoms with Gasteiger partial charge in [-0.15, -0.1) is 17.0 Å². The van der Waals surface area contributed by atoms with E-state index in [2.05, 4.69) is 56.5 Å².